The van der Waals surface area contributed by atoms with Crippen LogP contribution in [0.3, 0.4) is 0 Å². The van der Waals surface area contributed by atoms with Crippen LogP contribution in [0.2, 0.25) is 0 Å². The largest absolute Gasteiger partial charge is 0.397 e. The van der Waals surface area contributed by atoms with Gasteiger partial charge in [0.2, 0.25) is 11.8 Å². The van der Waals surface area contributed by atoms with Crippen LogP contribution in [-0.4, -0.2) is 124 Å². The standard InChI is InChI=1S/2C25H29N9O2/c2*1-14(13-36-3)33-5-4-17-8-23(32-34(17)12-24(33)35)31-22-7-16-6-21(30-25(27)19(16)10-29-22)18-9-28-11-20(26)15(18)2/h2*6-11,14H,4-5,12-13,26H2,1-3H3,(H2,27,30)(H,29,31,32)/t2*14-/m10/s1. The molecule has 72 heavy (non-hydrogen) atoms. The number of fused-ring (bicyclic) bond motifs is 4. The molecule has 10 rings (SSSR count). The molecule has 0 radical (unpaired) electrons. The fourth-order valence-corrected chi connectivity index (χ4v) is 9.08. The van der Waals surface area contributed by atoms with Gasteiger partial charge in [-0.15, -0.1) is 0 Å². The van der Waals surface area contributed by atoms with E-state index in [9.17, 15) is 9.59 Å². The third kappa shape index (κ3) is 10.1. The van der Waals surface area contributed by atoms with Gasteiger partial charge in [0.15, 0.2) is 11.6 Å². The molecular formula is C50H58N18O4. The molecule has 22 heteroatoms. The van der Waals surface area contributed by atoms with E-state index >= 15 is 0 Å². The number of pyridine rings is 6. The van der Waals surface area contributed by atoms with Crippen LogP contribution in [0.25, 0.3) is 44.1 Å². The number of hydrogen-bond acceptors (Lipinski definition) is 18. The van der Waals surface area contributed by atoms with E-state index in [4.69, 9.17) is 32.4 Å². The van der Waals surface area contributed by atoms with Crippen molar-refractivity contribution in [2.24, 2.45) is 0 Å². The number of nitrogens with two attached hydrogens (primary N) is 4. The Labute approximate surface area is 415 Å². The maximum absolute atomic E-state index is 12.8. The summed E-state index contributed by atoms with van der Waals surface area (Å²) in [6.45, 7) is 10.5. The van der Waals surface area contributed by atoms with E-state index < -0.39 is 0 Å². The Kier molecular flexibility index (Phi) is 13.8. The predicted molar refractivity (Wildman–Crippen MR) is 277 cm³/mol. The van der Waals surface area contributed by atoms with Gasteiger partial charge in [0.1, 0.15) is 36.4 Å². The van der Waals surface area contributed by atoms with Gasteiger partial charge in [-0.25, -0.2) is 19.9 Å². The molecule has 2 atom stereocenters. The SMILES string of the molecule is COC[C@@H](C)N1CCc2cc(Nc3cc4cc(-c5cncc(N)c5C)nc(N)c4cn3)nn2CC1=O.COC[C@H](C)N1CCc2cc(Nc3cc4cc(-c5cncc(N)c5C)nc(N)c4cn3)nn2CC1=O. The Balaban J connectivity index is 0.000000178. The monoisotopic (exact) mass is 974 g/mol. The molecule has 2 amide bonds. The van der Waals surface area contributed by atoms with Crippen LogP contribution in [-0.2, 0) is 45.0 Å². The number of amides is 2. The molecule has 8 aromatic heterocycles. The average molecular weight is 975 g/mol. The van der Waals surface area contributed by atoms with Gasteiger partial charge in [0.25, 0.3) is 0 Å². The average Bonchev–Trinajstić information content (AvgIpc) is 3.81. The smallest absolute Gasteiger partial charge is 0.244 e. The maximum Gasteiger partial charge on any atom is 0.244 e. The van der Waals surface area contributed by atoms with Crippen molar-refractivity contribution >= 4 is 79.6 Å². The minimum Gasteiger partial charge on any atom is -0.397 e. The molecule has 372 valence electrons. The fourth-order valence-electron chi connectivity index (χ4n) is 9.08. The van der Waals surface area contributed by atoms with Crippen LogP contribution in [0.1, 0.15) is 36.4 Å². The first-order valence-corrected chi connectivity index (χ1v) is 23.5. The number of aromatic nitrogens is 10. The van der Waals surface area contributed by atoms with E-state index in [1.165, 1.54) is 0 Å². The first kappa shape index (κ1) is 48.5. The molecule has 8 aromatic rings. The van der Waals surface area contributed by atoms with Crippen molar-refractivity contribution < 1.29 is 19.1 Å². The van der Waals surface area contributed by atoms with E-state index in [1.54, 1.807) is 60.8 Å². The number of anilines is 8. The molecule has 10 heterocycles. The lowest BCUT2D eigenvalue weighted by atomic mass is 10.0. The summed E-state index contributed by atoms with van der Waals surface area (Å²) in [6.07, 6.45) is 11.5. The van der Waals surface area contributed by atoms with Crippen molar-refractivity contribution in [2.45, 2.75) is 65.7 Å². The molecule has 2 aliphatic heterocycles. The van der Waals surface area contributed by atoms with Crippen LogP contribution in [0.4, 0.5) is 46.3 Å². The molecule has 0 fully saturated rings. The van der Waals surface area contributed by atoms with Crippen LogP contribution < -0.4 is 33.6 Å². The number of nitrogens with one attached hydrogen (secondary N) is 2. The summed E-state index contributed by atoms with van der Waals surface area (Å²) in [5.74, 6) is 3.28. The Bertz CT molecular complexity index is 3120. The van der Waals surface area contributed by atoms with E-state index in [0.29, 0.717) is 96.8 Å². The summed E-state index contributed by atoms with van der Waals surface area (Å²) in [7, 11) is 3.29. The summed E-state index contributed by atoms with van der Waals surface area (Å²) in [6, 6.07) is 11.6. The number of hydrogen-bond donors (Lipinski definition) is 6. The first-order chi connectivity index (χ1) is 34.7. The topological polar surface area (TPSA) is 300 Å². The molecule has 0 aliphatic carbocycles. The number of nitrogens with zero attached hydrogens (tertiary/aromatic N) is 12. The fraction of sp³-hybridized carbons (Fsp3) is 0.320. The second-order valence-electron chi connectivity index (χ2n) is 18.1. The van der Waals surface area contributed by atoms with Gasteiger partial charge in [-0.05, 0) is 73.9 Å². The van der Waals surface area contributed by atoms with Gasteiger partial charge in [0, 0.05) is 110 Å². The quantitative estimate of drug-likeness (QED) is 0.0933. The second kappa shape index (κ2) is 20.5. The summed E-state index contributed by atoms with van der Waals surface area (Å²) in [5.41, 5.74) is 32.5. The summed E-state index contributed by atoms with van der Waals surface area (Å²) in [4.78, 5) is 55.7. The van der Waals surface area contributed by atoms with Crippen molar-refractivity contribution in [3.63, 3.8) is 0 Å². The van der Waals surface area contributed by atoms with Gasteiger partial charge < -0.3 is 52.8 Å². The minimum atomic E-state index is 0.0187. The number of carbonyl (C=O) groups is 2. The van der Waals surface area contributed by atoms with Gasteiger partial charge in [-0.1, -0.05) is 0 Å². The zero-order valence-corrected chi connectivity index (χ0v) is 41.0. The molecule has 0 bridgehead atoms. The molecular weight excluding hydrogens is 917 g/mol. The molecule has 0 spiro atoms. The highest BCUT2D eigenvalue weighted by molar-refractivity contribution is 5.96. The third-order valence-electron chi connectivity index (χ3n) is 13.1. The number of carbonyl (C=O) groups excluding carboxylic acids is 2. The highest BCUT2D eigenvalue weighted by atomic mass is 16.5. The molecule has 10 N–H and O–H groups in total. The Hall–Kier alpha value is -8.50. The maximum atomic E-state index is 12.8. The van der Waals surface area contributed by atoms with E-state index in [2.05, 4.69) is 50.7 Å². The van der Waals surface area contributed by atoms with Crippen LogP contribution in [0.5, 0.6) is 0 Å². The lowest BCUT2D eigenvalue weighted by molar-refractivity contribution is -0.135. The van der Waals surface area contributed by atoms with Gasteiger partial charge in [0.05, 0.1) is 60.5 Å². The molecule has 2 aliphatic rings. The lowest BCUT2D eigenvalue weighted by Crippen LogP contribution is -2.42. The van der Waals surface area contributed by atoms with Crippen molar-refractivity contribution in [3.05, 3.63) is 96.1 Å². The van der Waals surface area contributed by atoms with Crippen molar-refractivity contribution in [2.75, 3.05) is 74.1 Å². The van der Waals surface area contributed by atoms with Gasteiger partial charge >= 0.3 is 0 Å². The highest BCUT2D eigenvalue weighted by Crippen LogP contribution is 2.33. The Morgan fingerprint density at radius 3 is 1.40 bits per heavy atom. The minimum absolute atomic E-state index is 0.0187. The molecule has 0 saturated carbocycles. The normalized spacial score (nSPS) is 14.5. The van der Waals surface area contributed by atoms with Crippen LogP contribution in [0, 0.1) is 13.8 Å². The predicted octanol–water partition coefficient (Wildman–Crippen LogP) is 5.05. The molecule has 0 saturated heterocycles. The first-order valence-electron chi connectivity index (χ1n) is 23.5. The van der Waals surface area contributed by atoms with Crippen molar-refractivity contribution in [1.29, 1.82) is 0 Å². The summed E-state index contributed by atoms with van der Waals surface area (Å²) < 4.78 is 13.9. The second-order valence-corrected chi connectivity index (χ2v) is 18.1. The molecule has 0 aromatic carbocycles. The zero-order chi connectivity index (χ0) is 50.8. The van der Waals surface area contributed by atoms with E-state index in [0.717, 1.165) is 55.2 Å². The molecule has 22 nitrogen and oxygen atoms in total. The van der Waals surface area contributed by atoms with E-state index in [1.807, 2.05) is 73.9 Å². The summed E-state index contributed by atoms with van der Waals surface area (Å²) >= 11 is 0. The van der Waals surface area contributed by atoms with E-state index in [-0.39, 0.29) is 37.0 Å². The Morgan fingerprint density at radius 1 is 0.583 bits per heavy atom. The lowest BCUT2D eigenvalue weighted by Gasteiger charge is -2.27. The Morgan fingerprint density at radius 2 is 1.00 bits per heavy atom. The zero-order valence-electron chi connectivity index (χ0n) is 41.0. The van der Waals surface area contributed by atoms with Crippen LogP contribution in [0.15, 0.2) is 73.6 Å². The summed E-state index contributed by atoms with van der Waals surface area (Å²) in [5, 5.41) is 19.0. The number of nitrogen functional groups attached to an aromatic ring is 4. The van der Waals surface area contributed by atoms with Crippen LogP contribution >= 0.6 is 0 Å². The third-order valence-corrected chi connectivity index (χ3v) is 13.1. The highest BCUT2D eigenvalue weighted by Gasteiger charge is 2.27. The molecule has 0 unspecified atom stereocenters. The van der Waals surface area contributed by atoms with Gasteiger partial charge in [-0.3, -0.25) is 28.9 Å². The number of ether oxygens (including phenoxy) is 2. The van der Waals surface area contributed by atoms with Crippen molar-refractivity contribution in [3.8, 4) is 22.5 Å². The number of methoxy groups -OCH3 is 2. The number of rotatable bonds is 12. The van der Waals surface area contributed by atoms with Crippen molar-refractivity contribution in [1.82, 2.24) is 59.3 Å². The van der Waals surface area contributed by atoms with Gasteiger partial charge in [-0.2, -0.15) is 10.2 Å².